The van der Waals surface area contributed by atoms with Crippen molar-refractivity contribution in [2.45, 2.75) is 46.0 Å². The minimum atomic E-state index is -0.0910. The third kappa shape index (κ3) is 2.66. The van der Waals surface area contributed by atoms with Gasteiger partial charge in [0, 0.05) is 12.2 Å². The van der Waals surface area contributed by atoms with Crippen LogP contribution >= 0.6 is 11.6 Å². The number of rotatable bonds is 4. The molecule has 1 unspecified atom stereocenters. The van der Waals surface area contributed by atoms with Crippen molar-refractivity contribution in [1.29, 1.82) is 0 Å². The Morgan fingerprint density at radius 2 is 1.94 bits per heavy atom. The number of pyridine rings is 1. The Morgan fingerprint density at radius 3 is 2.56 bits per heavy atom. The summed E-state index contributed by atoms with van der Waals surface area (Å²) in [6.45, 7) is 9.34. The van der Waals surface area contributed by atoms with Gasteiger partial charge >= 0.3 is 0 Å². The molecule has 0 bridgehead atoms. The number of hydrogen-bond acceptors (Lipinski definition) is 2. The van der Waals surface area contributed by atoms with E-state index in [2.05, 4.69) is 28.4 Å². The maximum Gasteiger partial charge on any atom is 0.160 e. The Morgan fingerprint density at radius 1 is 1.22 bits per heavy atom. The first kappa shape index (κ1) is 13.3. The van der Waals surface area contributed by atoms with E-state index >= 15 is 0 Å². The number of halogens is 1. The molecule has 0 spiro atoms. The molecule has 1 atom stereocenters. The van der Waals surface area contributed by atoms with Crippen molar-refractivity contribution in [3.05, 3.63) is 23.7 Å². The number of hydrogen-bond donors (Lipinski definition) is 0. The first-order valence-electron chi connectivity index (χ1n) is 6.47. The van der Waals surface area contributed by atoms with Gasteiger partial charge in [-0.15, -0.1) is 11.6 Å². The molecule has 2 heterocycles. The van der Waals surface area contributed by atoms with Crippen molar-refractivity contribution < 1.29 is 0 Å². The van der Waals surface area contributed by atoms with E-state index < -0.39 is 0 Å². The van der Waals surface area contributed by atoms with Gasteiger partial charge in [0.25, 0.3) is 0 Å². The van der Waals surface area contributed by atoms with Gasteiger partial charge in [-0.3, -0.25) is 0 Å². The van der Waals surface area contributed by atoms with E-state index in [1.54, 1.807) is 0 Å². The van der Waals surface area contributed by atoms with Gasteiger partial charge in [-0.2, -0.15) is 0 Å². The third-order valence-electron chi connectivity index (χ3n) is 3.05. The molecular weight excluding hydrogens is 246 g/mol. The highest BCUT2D eigenvalue weighted by Crippen LogP contribution is 2.24. The topological polar surface area (TPSA) is 30.7 Å². The molecule has 0 saturated carbocycles. The van der Waals surface area contributed by atoms with Crippen molar-refractivity contribution in [3.63, 3.8) is 0 Å². The molecule has 2 aromatic rings. The molecule has 2 rings (SSSR count). The summed E-state index contributed by atoms with van der Waals surface area (Å²) >= 11 is 6.22. The number of nitrogens with zero attached hydrogens (tertiary/aromatic N) is 3. The van der Waals surface area contributed by atoms with Crippen molar-refractivity contribution in [2.75, 3.05) is 0 Å². The minimum Gasteiger partial charge on any atom is -0.311 e. The van der Waals surface area contributed by atoms with Crippen LogP contribution < -0.4 is 0 Å². The highest BCUT2D eigenvalue weighted by Gasteiger charge is 2.16. The largest absolute Gasteiger partial charge is 0.311 e. The second kappa shape index (κ2) is 5.27. The summed E-state index contributed by atoms with van der Waals surface area (Å²) in [6, 6.07) is 4.01. The summed E-state index contributed by atoms with van der Waals surface area (Å²) in [7, 11) is 0. The highest BCUT2D eigenvalue weighted by molar-refractivity contribution is 6.20. The van der Waals surface area contributed by atoms with Crippen LogP contribution in [0, 0.1) is 12.8 Å². The Balaban J connectivity index is 2.50. The summed E-state index contributed by atoms with van der Waals surface area (Å²) in [4.78, 5) is 9.20. The fraction of sp³-hybridized carbons (Fsp3) is 0.571. The Labute approximate surface area is 113 Å². The normalized spacial score (nSPS) is 13.4. The molecule has 0 aliphatic rings. The van der Waals surface area contributed by atoms with E-state index in [0.717, 1.165) is 35.6 Å². The number of imidazole rings is 1. The standard InChI is InChI=1S/C14H20ClN3/c1-9(2)7-8-18-13(11(4)15)17-12-6-5-10(3)16-14(12)18/h5-6,9,11H,7-8H2,1-4H3. The summed E-state index contributed by atoms with van der Waals surface area (Å²) in [5, 5.41) is -0.0910. The SMILES string of the molecule is Cc1ccc2nc(C(C)Cl)n(CCC(C)C)c2n1. The molecule has 0 saturated heterocycles. The van der Waals surface area contributed by atoms with Gasteiger partial charge < -0.3 is 4.57 Å². The van der Waals surface area contributed by atoms with E-state index in [1.165, 1.54) is 0 Å². The van der Waals surface area contributed by atoms with Gasteiger partial charge in [-0.05, 0) is 38.3 Å². The minimum absolute atomic E-state index is 0.0910. The summed E-state index contributed by atoms with van der Waals surface area (Å²) < 4.78 is 2.17. The lowest BCUT2D eigenvalue weighted by Gasteiger charge is -2.11. The molecule has 3 nitrogen and oxygen atoms in total. The number of alkyl halides is 1. The second-order valence-electron chi connectivity index (χ2n) is 5.22. The van der Waals surface area contributed by atoms with Crippen LogP contribution in [0.2, 0.25) is 0 Å². The zero-order valence-corrected chi connectivity index (χ0v) is 12.2. The summed E-state index contributed by atoms with van der Waals surface area (Å²) in [5.41, 5.74) is 2.91. The summed E-state index contributed by atoms with van der Waals surface area (Å²) in [6.07, 6.45) is 1.11. The maximum atomic E-state index is 6.22. The molecule has 0 aliphatic carbocycles. The summed E-state index contributed by atoms with van der Waals surface area (Å²) in [5.74, 6) is 1.58. The van der Waals surface area contributed by atoms with Crippen LogP contribution in [0.1, 0.15) is 44.1 Å². The molecular formula is C14H20ClN3. The predicted molar refractivity (Wildman–Crippen MR) is 76.0 cm³/mol. The first-order valence-corrected chi connectivity index (χ1v) is 6.90. The smallest absolute Gasteiger partial charge is 0.160 e. The molecule has 0 aliphatic heterocycles. The maximum absolute atomic E-state index is 6.22. The quantitative estimate of drug-likeness (QED) is 0.780. The van der Waals surface area contributed by atoms with E-state index in [1.807, 2.05) is 26.0 Å². The van der Waals surface area contributed by atoms with Crippen molar-refractivity contribution in [3.8, 4) is 0 Å². The average Bonchev–Trinajstić information content (AvgIpc) is 2.64. The number of aryl methyl sites for hydroxylation is 2. The molecule has 0 fully saturated rings. The fourth-order valence-electron chi connectivity index (χ4n) is 2.03. The Kier molecular flexibility index (Phi) is 3.91. The molecule has 18 heavy (non-hydrogen) atoms. The Bertz CT molecular complexity index is 543. The van der Waals surface area contributed by atoms with Gasteiger partial charge in [0.15, 0.2) is 5.65 Å². The number of aromatic nitrogens is 3. The molecule has 2 aromatic heterocycles. The molecule has 98 valence electrons. The van der Waals surface area contributed by atoms with Crippen molar-refractivity contribution >= 4 is 22.8 Å². The van der Waals surface area contributed by atoms with Gasteiger partial charge in [0.1, 0.15) is 11.3 Å². The zero-order valence-electron chi connectivity index (χ0n) is 11.4. The molecule has 4 heteroatoms. The number of fused-ring (bicyclic) bond motifs is 1. The van der Waals surface area contributed by atoms with Crippen molar-refractivity contribution in [1.82, 2.24) is 14.5 Å². The molecule has 0 amide bonds. The second-order valence-corrected chi connectivity index (χ2v) is 5.87. The van der Waals surface area contributed by atoms with Crippen LogP contribution in [0.4, 0.5) is 0 Å². The van der Waals surface area contributed by atoms with Crippen LogP contribution in [-0.2, 0) is 6.54 Å². The van der Waals surface area contributed by atoms with E-state index in [0.29, 0.717) is 5.92 Å². The van der Waals surface area contributed by atoms with Gasteiger partial charge in [0.05, 0.1) is 5.38 Å². The van der Waals surface area contributed by atoms with Crippen LogP contribution in [-0.4, -0.2) is 14.5 Å². The molecule has 0 N–H and O–H groups in total. The zero-order chi connectivity index (χ0) is 13.3. The average molecular weight is 266 g/mol. The fourth-order valence-corrected chi connectivity index (χ4v) is 2.19. The van der Waals surface area contributed by atoms with Crippen LogP contribution in [0.5, 0.6) is 0 Å². The van der Waals surface area contributed by atoms with Crippen LogP contribution in [0.25, 0.3) is 11.2 Å². The molecule has 0 radical (unpaired) electrons. The van der Waals surface area contributed by atoms with Gasteiger partial charge in [0.2, 0.25) is 0 Å². The highest BCUT2D eigenvalue weighted by atomic mass is 35.5. The van der Waals surface area contributed by atoms with E-state index in [-0.39, 0.29) is 5.38 Å². The predicted octanol–water partition coefficient (Wildman–Crippen LogP) is 4.09. The Hall–Kier alpha value is -1.09. The van der Waals surface area contributed by atoms with E-state index in [9.17, 15) is 0 Å². The lowest BCUT2D eigenvalue weighted by Crippen LogP contribution is -2.07. The van der Waals surface area contributed by atoms with Crippen LogP contribution in [0.15, 0.2) is 12.1 Å². The van der Waals surface area contributed by atoms with Gasteiger partial charge in [-0.1, -0.05) is 13.8 Å². The van der Waals surface area contributed by atoms with Crippen LogP contribution in [0.3, 0.4) is 0 Å². The van der Waals surface area contributed by atoms with Gasteiger partial charge in [-0.25, -0.2) is 9.97 Å². The monoisotopic (exact) mass is 265 g/mol. The lowest BCUT2D eigenvalue weighted by molar-refractivity contribution is 0.510. The third-order valence-corrected chi connectivity index (χ3v) is 3.24. The molecule has 0 aromatic carbocycles. The van der Waals surface area contributed by atoms with Crippen molar-refractivity contribution in [2.24, 2.45) is 5.92 Å². The first-order chi connectivity index (χ1) is 8.49. The van der Waals surface area contributed by atoms with E-state index in [4.69, 9.17) is 11.6 Å². The lowest BCUT2D eigenvalue weighted by atomic mass is 10.1.